The van der Waals surface area contributed by atoms with Crippen LogP contribution in [-0.4, -0.2) is 55.8 Å². The summed E-state index contributed by atoms with van der Waals surface area (Å²) < 4.78 is 5.48. The minimum absolute atomic E-state index is 0.0655. The number of hydrogen-bond donors (Lipinski definition) is 3. The quantitative estimate of drug-likeness (QED) is 0.193. The number of hydrogen-bond acceptors (Lipinski definition) is 5. The first-order chi connectivity index (χ1) is 20.7. The van der Waals surface area contributed by atoms with Crippen LogP contribution in [0.15, 0.2) is 65.1 Å². The number of carbonyl (C=O) groups is 2. The minimum atomic E-state index is -1.31. The maximum absolute atomic E-state index is 13.8. The maximum Gasteiger partial charge on any atom is 0.406 e. The Kier molecular flexibility index (Phi) is 11.7. The molecule has 3 aromatic carbocycles. The van der Waals surface area contributed by atoms with E-state index in [0.717, 1.165) is 46.0 Å². The average Bonchev–Trinajstić information content (AvgIpc) is 3.02. The molecule has 43 heavy (non-hydrogen) atoms. The molecule has 230 valence electrons. The zero-order chi connectivity index (χ0) is 31.0. The van der Waals surface area contributed by atoms with Gasteiger partial charge in [-0.3, -0.25) is 4.79 Å². The Morgan fingerprint density at radius 2 is 1.93 bits per heavy atom. The number of benzene rings is 3. The fourth-order valence-corrected chi connectivity index (χ4v) is 6.95. The summed E-state index contributed by atoms with van der Waals surface area (Å²) in [6, 6.07) is 19.7. The van der Waals surface area contributed by atoms with Crippen LogP contribution < -0.4 is 10.6 Å². The Bertz CT molecular complexity index is 1430. The molecule has 4 rings (SSSR count). The minimum Gasteiger partial charge on any atom is -0.453 e. The second kappa shape index (κ2) is 15.2. The number of nitrogens with zero attached hydrogens (tertiary/aromatic N) is 1. The summed E-state index contributed by atoms with van der Waals surface area (Å²) in [4.78, 5) is 27.4. The highest BCUT2D eigenvalue weighted by molar-refractivity contribution is 9.10. The Morgan fingerprint density at radius 3 is 2.65 bits per heavy atom. The summed E-state index contributed by atoms with van der Waals surface area (Å²) in [7, 11) is 3.22. The van der Waals surface area contributed by atoms with Crippen LogP contribution in [0.25, 0.3) is 11.1 Å². The Hall–Kier alpha value is -2.91. The molecule has 0 bridgehead atoms. The monoisotopic (exact) mass is 669 g/mol. The lowest BCUT2D eigenvalue weighted by atomic mass is 9.72. The molecule has 1 heterocycles. The highest BCUT2D eigenvalue weighted by atomic mass is 79.9. The maximum atomic E-state index is 13.8. The molecule has 3 aromatic rings. The molecular formula is C34H41BrClN3O4. The third-order valence-corrected chi connectivity index (χ3v) is 9.29. The highest BCUT2D eigenvalue weighted by Gasteiger charge is 2.43. The van der Waals surface area contributed by atoms with Crippen molar-refractivity contribution in [3.63, 3.8) is 0 Å². The molecular weight excluding hydrogens is 630 g/mol. The van der Waals surface area contributed by atoms with Gasteiger partial charge in [-0.25, -0.2) is 4.79 Å². The van der Waals surface area contributed by atoms with E-state index in [1.165, 1.54) is 12.7 Å². The second-order valence-electron chi connectivity index (χ2n) is 11.1. The van der Waals surface area contributed by atoms with Gasteiger partial charge in [0.2, 0.25) is 0 Å². The number of likely N-dealkylation sites (tertiary alicyclic amines) is 1. The Balaban J connectivity index is 1.70. The van der Waals surface area contributed by atoms with Gasteiger partial charge >= 0.3 is 6.09 Å². The van der Waals surface area contributed by atoms with Crippen LogP contribution in [0.5, 0.6) is 0 Å². The van der Waals surface area contributed by atoms with Gasteiger partial charge < -0.3 is 25.4 Å². The van der Waals surface area contributed by atoms with Crippen molar-refractivity contribution in [2.45, 2.75) is 51.2 Å². The molecule has 0 aromatic heterocycles. The van der Waals surface area contributed by atoms with E-state index in [0.29, 0.717) is 49.6 Å². The van der Waals surface area contributed by atoms with Crippen molar-refractivity contribution in [2.24, 2.45) is 5.92 Å². The number of aliphatic hydroxyl groups is 1. The number of rotatable bonds is 11. The summed E-state index contributed by atoms with van der Waals surface area (Å²) in [5.41, 5.74) is 4.03. The zero-order valence-electron chi connectivity index (χ0n) is 25.1. The van der Waals surface area contributed by atoms with Crippen molar-refractivity contribution in [3.05, 3.63) is 92.4 Å². The van der Waals surface area contributed by atoms with E-state index in [2.05, 4.69) is 45.6 Å². The van der Waals surface area contributed by atoms with Gasteiger partial charge in [-0.05, 0) is 95.5 Å². The summed E-state index contributed by atoms with van der Waals surface area (Å²) in [5.74, 6) is -0.318. The molecule has 7 nitrogen and oxygen atoms in total. The number of carbonyl (C=O) groups excluding carboxylic acids is 2. The van der Waals surface area contributed by atoms with Gasteiger partial charge in [0.15, 0.2) is 0 Å². The van der Waals surface area contributed by atoms with Crippen molar-refractivity contribution in [2.75, 3.05) is 33.8 Å². The molecule has 0 saturated carbocycles. The number of halogens is 2. The van der Waals surface area contributed by atoms with Gasteiger partial charge in [0.1, 0.15) is 0 Å². The molecule has 0 aliphatic carbocycles. The number of alkyl carbamates (subject to hydrolysis) is 1. The van der Waals surface area contributed by atoms with Gasteiger partial charge in [0.25, 0.3) is 5.91 Å². The first kappa shape index (κ1) is 33.0. The van der Waals surface area contributed by atoms with Crippen molar-refractivity contribution < 1.29 is 19.4 Å². The number of methoxy groups -OCH3 is 1. The zero-order valence-corrected chi connectivity index (χ0v) is 27.4. The molecule has 2 amide bonds. The van der Waals surface area contributed by atoms with E-state index in [-0.39, 0.29) is 11.8 Å². The van der Waals surface area contributed by atoms with E-state index in [9.17, 15) is 14.7 Å². The number of nitrogens with one attached hydrogen (secondary N) is 2. The van der Waals surface area contributed by atoms with Crippen LogP contribution >= 0.6 is 27.5 Å². The van der Waals surface area contributed by atoms with Crippen LogP contribution in [0.4, 0.5) is 4.79 Å². The van der Waals surface area contributed by atoms with E-state index in [1.807, 2.05) is 60.5 Å². The standard InChI is InChI=1S/C34H41BrClN3O4/c1-4-23-9-5-10-25(19-23)31-28(12-6-13-30(31)36)34(42,16-8-17-38-33(41)43-3)26-11-7-18-39(22-26)32(40)27-15-14-24(21-37-2)20-29(27)35/h5-6,9-10,12-15,19-20,26,37,42H,4,7-8,11,16-18,21-22H2,1-3H3,(H,38,41)/t26-,34+/m1/s1. The van der Waals surface area contributed by atoms with Crippen LogP contribution in [0, 0.1) is 5.92 Å². The molecule has 3 N–H and O–H groups in total. The lowest BCUT2D eigenvalue weighted by molar-refractivity contribution is -0.0563. The van der Waals surface area contributed by atoms with Crippen molar-refractivity contribution in [3.8, 4) is 11.1 Å². The molecule has 0 spiro atoms. The Labute approximate surface area is 268 Å². The number of piperidine rings is 1. The van der Waals surface area contributed by atoms with Gasteiger partial charge in [-0.1, -0.05) is 61.0 Å². The van der Waals surface area contributed by atoms with Crippen molar-refractivity contribution >= 4 is 39.5 Å². The molecule has 1 aliphatic heterocycles. The van der Waals surface area contributed by atoms with Crippen molar-refractivity contribution in [1.29, 1.82) is 0 Å². The third-order valence-electron chi connectivity index (χ3n) is 8.32. The fraction of sp³-hybridized carbons (Fsp3) is 0.412. The van der Waals surface area contributed by atoms with Crippen LogP contribution in [-0.2, 0) is 23.3 Å². The lowest BCUT2D eigenvalue weighted by Crippen LogP contribution is -2.48. The van der Waals surface area contributed by atoms with Gasteiger partial charge in [0.05, 0.1) is 18.3 Å². The first-order valence-corrected chi connectivity index (χ1v) is 16.0. The van der Waals surface area contributed by atoms with E-state index < -0.39 is 11.7 Å². The topological polar surface area (TPSA) is 90.9 Å². The molecule has 2 atom stereocenters. The van der Waals surface area contributed by atoms with Crippen LogP contribution in [0.1, 0.15) is 59.7 Å². The summed E-state index contributed by atoms with van der Waals surface area (Å²) in [5, 5.41) is 19.2. The molecule has 9 heteroatoms. The molecule has 1 fully saturated rings. The lowest BCUT2D eigenvalue weighted by Gasteiger charge is -2.44. The van der Waals surface area contributed by atoms with Gasteiger partial charge in [-0.15, -0.1) is 0 Å². The summed E-state index contributed by atoms with van der Waals surface area (Å²) in [6.45, 7) is 4.17. The van der Waals surface area contributed by atoms with E-state index in [4.69, 9.17) is 16.3 Å². The van der Waals surface area contributed by atoms with Crippen molar-refractivity contribution in [1.82, 2.24) is 15.5 Å². The fourth-order valence-electron chi connectivity index (χ4n) is 6.07. The normalized spacial score (nSPS) is 16.4. The number of ether oxygens (including phenoxy) is 1. The summed E-state index contributed by atoms with van der Waals surface area (Å²) in [6.07, 6.45) is 2.75. The molecule has 1 saturated heterocycles. The molecule has 1 aliphatic rings. The average molecular weight is 671 g/mol. The number of aryl methyl sites for hydroxylation is 1. The van der Waals surface area contributed by atoms with Crippen LogP contribution in [0.2, 0.25) is 5.02 Å². The third kappa shape index (κ3) is 7.79. The SMILES string of the molecule is CCc1cccc(-c2c(Cl)cccc2[C@](O)(CCCNC(=O)OC)[C@@H]2CCCN(C(=O)c3ccc(CNC)cc3Br)C2)c1. The second-order valence-corrected chi connectivity index (χ2v) is 12.4. The smallest absolute Gasteiger partial charge is 0.406 e. The number of amides is 2. The Morgan fingerprint density at radius 1 is 1.14 bits per heavy atom. The highest BCUT2D eigenvalue weighted by Crippen LogP contribution is 2.46. The van der Waals surface area contributed by atoms with Crippen LogP contribution in [0.3, 0.4) is 0 Å². The van der Waals surface area contributed by atoms with E-state index >= 15 is 0 Å². The first-order valence-electron chi connectivity index (χ1n) is 14.9. The summed E-state index contributed by atoms with van der Waals surface area (Å²) >= 11 is 10.5. The molecule has 0 unspecified atom stereocenters. The van der Waals surface area contributed by atoms with E-state index in [1.54, 1.807) is 0 Å². The van der Waals surface area contributed by atoms with Gasteiger partial charge in [0, 0.05) is 47.2 Å². The molecule has 0 radical (unpaired) electrons. The predicted octanol–water partition coefficient (Wildman–Crippen LogP) is 6.93. The van der Waals surface area contributed by atoms with Gasteiger partial charge in [-0.2, -0.15) is 0 Å². The largest absolute Gasteiger partial charge is 0.453 e. The predicted molar refractivity (Wildman–Crippen MR) is 175 cm³/mol.